The van der Waals surface area contributed by atoms with Crippen LogP contribution in [-0.4, -0.2) is 215 Å². The van der Waals surface area contributed by atoms with Crippen molar-refractivity contribution in [2.45, 2.75) is 375 Å². The molecule has 3 saturated heterocycles. The Balaban J connectivity index is 1.59. The topological polar surface area (TPSA) is 373 Å². The fraction of sp³-hybridized carbons (Fsp3) is 0.926. The van der Waals surface area contributed by atoms with Crippen molar-refractivity contribution in [1.29, 1.82) is 0 Å². The van der Waals surface area contributed by atoms with Crippen LogP contribution in [-0.2, 0) is 42.8 Å². The minimum absolute atomic E-state index is 0.220. The van der Waals surface area contributed by atoms with Crippen molar-refractivity contribution in [2.24, 2.45) is 0 Å². The number of carbonyl (C=O) groups excluding carboxylic acids is 2. The normalized spacial score (nSPS) is 28.4. The zero-order valence-corrected chi connectivity index (χ0v) is 55.7. The summed E-state index contributed by atoms with van der Waals surface area (Å²) in [5.74, 6) is -6.10. The lowest BCUT2D eigenvalue weighted by Gasteiger charge is -2.50. The molecule has 0 saturated carbocycles. The number of hydrogen-bond donors (Lipinski definition) is 14. The molecular formula is C68H126N2O21. The Kier molecular flexibility index (Phi) is 44.6. The molecule has 0 aliphatic carbocycles. The van der Waals surface area contributed by atoms with Crippen LogP contribution in [0.4, 0.5) is 0 Å². The number of hydrogen-bond acceptors (Lipinski definition) is 20. The summed E-state index contributed by atoms with van der Waals surface area (Å²) in [4.78, 5) is 38.6. The smallest absolute Gasteiger partial charge is 0.364 e. The first-order valence-corrected chi connectivity index (χ1v) is 35.5. The van der Waals surface area contributed by atoms with E-state index < -0.39 is 148 Å². The van der Waals surface area contributed by atoms with E-state index in [2.05, 4.69) is 36.6 Å². The minimum atomic E-state index is -3.08. The first-order valence-electron chi connectivity index (χ1n) is 35.5. The van der Waals surface area contributed by atoms with Crippen LogP contribution < -0.4 is 10.6 Å². The maximum atomic E-state index is 13.5. The molecule has 3 aliphatic rings. The number of carboxylic acid groups (broad SMARTS) is 1. The van der Waals surface area contributed by atoms with E-state index >= 15 is 0 Å². The number of amides is 2. The van der Waals surface area contributed by atoms with E-state index in [4.69, 9.17) is 28.4 Å². The van der Waals surface area contributed by atoms with Crippen LogP contribution in [0, 0.1) is 0 Å². The minimum Gasteiger partial charge on any atom is -0.477 e. The molecule has 3 rings (SSSR count). The van der Waals surface area contributed by atoms with Crippen molar-refractivity contribution in [3.63, 3.8) is 0 Å². The van der Waals surface area contributed by atoms with Gasteiger partial charge in [-0.1, -0.05) is 219 Å². The summed E-state index contributed by atoms with van der Waals surface area (Å²) in [6.07, 6.45) is 17.8. The summed E-state index contributed by atoms with van der Waals surface area (Å²) >= 11 is 0. The van der Waals surface area contributed by atoms with Crippen LogP contribution in [0.3, 0.4) is 0 Å². The Morgan fingerprint density at radius 3 is 1.48 bits per heavy atom. The SMILES string of the molecule is CCCCCCCCCCC/C=C\CCCCCCCCCC(=O)NC(COC1OC(CO)C(OC2OC(CO)C(O)C(OC3(C(=O)O)CC(O)C(NC(C)=O)C(C(O)C(O)CO)O3)C2O)C(O)C1O)C(O)CCCCCCCCCCCCCCCCCCC. The van der Waals surface area contributed by atoms with Crippen molar-refractivity contribution >= 4 is 17.8 Å². The van der Waals surface area contributed by atoms with E-state index in [1.807, 2.05) is 0 Å². The molecule has 0 aromatic rings. The highest BCUT2D eigenvalue weighted by Crippen LogP contribution is 2.39. The third-order valence-corrected chi connectivity index (χ3v) is 18.2. The molecule has 23 nitrogen and oxygen atoms in total. The highest BCUT2D eigenvalue weighted by Gasteiger charge is 2.60. The van der Waals surface area contributed by atoms with E-state index in [1.165, 1.54) is 135 Å². The van der Waals surface area contributed by atoms with Gasteiger partial charge in [-0.15, -0.1) is 0 Å². The second-order valence-electron chi connectivity index (χ2n) is 26.1. The van der Waals surface area contributed by atoms with Crippen molar-refractivity contribution in [3.05, 3.63) is 12.2 Å². The number of aliphatic hydroxyl groups is 11. The van der Waals surface area contributed by atoms with Crippen LogP contribution >= 0.6 is 0 Å². The predicted octanol–water partition coefficient (Wildman–Crippen LogP) is 6.68. The summed E-state index contributed by atoms with van der Waals surface area (Å²) in [5, 5.41) is 136. The zero-order valence-electron chi connectivity index (χ0n) is 55.7. The number of aliphatic hydroxyl groups excluding tert-OH is 11. The first kappa shape index (κ1) is 82.7. The van der Waals surface area contributed by atoms with Gasteiger partial charge in [-0.05, 0) is 38.5 Å². The number of allylic oxidation sites excluding steroid dienone is 2. The number of rotatable bonds is 54. The van der Waals surface area contributed by atoms with E-state index in [0.717, 1.165) is 84.0 Å². The number of carbonyl (C=O) groups is 3. The monoisotopic (exact) mass is 1310 g/mol. The second kappa shape index (κ2) is 49.1. The molecule has 0 bridgehead atoms. The summed E-state index contributed by atoms with van der Waals surface area (Å²) in [7, 11) is 0. The Morgan fingerprint density at radius 1 is 0.560 bits per heavy atom. The molecule has 3 fully saturated rings. The number of ether oxygens (including phenoxy) is 6. The van der Waals surface area contributed by atoms with Crippen LogP contribution in [0.2, 0.25) is 0 Å². The van der Waals surface area contributed by atoms with Gasteiger partial charge in [0.2, 0.25) is 11.8 Å². The Morgan fingerprint density at radius 2 is 1.02 bits per heavy atom. The van der Waals surface area contributed by atoms with Gasteiger partial charge in [0.05, 0.1) is 50.7 Å². The second-order valence-corrected chi connectivity index (χ2v) is 26.1. The number of carboxylic acids is 1. The lowest BCUT2D eigenvalue weighted by molar-refractivity contribution is -0.386. The van der Waals surface area contributed by atoms with Gasteiger partial charge in [-0.2, -0.15) is 0 Å². The average molecular weight is 1310 g/mol. The van der Waals surface area contributed by atoms with E-state index in [9.17, 15) is 75.7 Å². The molecule has 18 atom stereocenters. The molecule has 14 N–H and O–H groups in total. The number of nitrogens with one attached hydrogen (secondary N) is 2. The fourth-order valence-corrected chi connectivity index (χ4v) is 12.5. The molecule has 2 amide bonds. The lowest BCUT2D eigenvalue weighted by atomic mass is 9.88. The van der Waals surface area contributed by atoms with E-state index in [-0.39, 0.29) is 18.9 Å². The Labute approximate surface area is 543 Å². The molecule has 534 valence electrons. The molecular weight excluding hydrogens is 1180 g/mol. The number of aliphatic carboxylic acids is 1. The van der Waals surface area contributed by atoms with Crippen LogP contribution in [0.1, 0.15) is 265 Å². The van der Waals surface area contributed by atoms with Crippen LogP contribution in [0.5, 0.6) is 0 Å². The van der Waals surface area contributed by atoms with Gasteiger partial charge >= 0.3 is 5.97 Å². The van der Waals surface area contributed by atoms with Gasteiger partial charge in [-0.3, -0.25) is 9.59 Å². The largest absolute Gasteiger partial charge is 0.477 e. The zero-order chi connectivity index (χ0) is 66.8. The van der Waals surface area contributed by atoms with Crippen LogP contribution in [0.25, 0.3) is 0 Å². The summed E-state index contributed by atoms with van der Waals surface area (Å²) in [5.41, 5.74) is 0. The molecule has 3 heterocycles. The van der Waals surface area contributed by atoms with E-state index in [1.54, 1.807) is 0 Å². The third-order valence-electron chi connectivity index (χ3n) is 18.2. The van der Waals surface area contributed by atoms with Gasteiger partial charge < -0.3 is 100 Å². The fourth-order valence-electron chi connectivity index (χ4n) is 12.5. The molecule has 18 unspecified atom stereocenters. The molecule has 3 aliphatic heterocycles. The highest BCUT2D eigenvalue weighted by molar-refractivity contribution is 5.77. The van der Waals surface area contributed by atoms with Gasteiger partial charge in [0.25, 0.3) is 5.79 Å². The maximum Gasteiger partial charge on any atom is 0.364 e. The van der Waals surface area contributed by atoms with E-state index in [0.29, 0.717) is 19.3 Å². The van der Waals surface area contributed by atoms with Gasteiger partial charge in [0.1, 0.15) is 67.1 Å². The summed E-state index contributed by atoms with van der Waals surface area (Å²) in [6.45, 7) is 2.22. The standard InChI is InChI=1S/C68H126N2O21/c1-4-6-8-10-12-14-16-18-20-22-23-24-26-28-30-32-34-36-38-40-42-55(78)70-49(50(75)41-39-37-35-33-31-29-27-25-21-19-17-15-13-11-9-7-5-2)47-86-65-60(82)59(81)62(54(46-73)88-65)89-66-61(83)64(58(80)53(45-72)87-66)91-68(67(84)85)43-51(76)56(69-48(3)74)63(90-68)57(79)52(77)44-71/h23-24,49-54,56-66,71-73,75-77,79-83H,4-22,25-47H2,1-3H3,(H,69,74)(H,70,78)(H,84,85)/b24-23-. The third kappa shape index (κ3) is 31.5. The number of unbranched alkanes of at least 4 members (excludes halogenated alkanes) is 32. The quantitative estimate of drug-likeness (QED) is 0.0223. The average Bonchev–Trinajstić information content (AvgIpc) is 0.766. The van der Waals surface area contributed by atoms with Crippen molar-refractivity contribution in [3.8, 4) is 0 Å². The van der Waals surface area contributed by atoms with Crippen molar-refractivity contribution in [2.75, 3.05) is 26.4 Å². The lowest BCUT2D eigenvalue weighted by Crippen LogP contribution is -2.70. The van der Waals surface area contributed by atoms with Gasteiger partial charge in [0.15, 0.2) is 12.6 Å². The molecule has 23 heteroatoms. The predicted molar refractivity (Wildman–Crippen MR) is 343 cm³/mol. The molecule has 91 heavy (non-hydrogen) atoms. The summed E-state index contributed by atoms with van der Waals surface area (Å²) < 4.78 is 34.9. The maximum absolute atomic E-state index is 13.5. The Hall–Kier alpha value is -2.53. The van der Waals surface area contributed by atoms with Crippen molar-refractivity contribution in [1.82, 2.24) is 10.6 Å². The molecule has 0 aromatic carbocycles. The molecule has 0 radical (unpaired) electrons. The summed E-state index contributed by atoms with van der Waals surface area (Å²) in [6, 6.07) is -2.53. The first-order chi connectivity index (χ1) is 43.9. The van der Waals surface area contributed by atoms with Crippen LogP contribution in [0.15, 0.2) is 12.2 Å². The molecule has 0 aromatic heterocycles. The van der Waals surface area contributed by atoms with Gasteiger partial charge in [0, 0.05) is 19.8 Å². The van der Waals surface area contributed by atoms with Crippen molar-refractivity contribution < 1.29 is 104 Å². The highest BCUT2D eigenvalue weighted by atomic mass is 16.8. The molecule has 0 spiro atoms. The van der Waals surface area contributed by atoms with Gasteiger partial charge in [-0.25, -0.2) is 4.79 Å². The Bertz CT molecular complexity index is 1890.